The van der Waals surface area contributed by atoms with E-state index in [0.29, 0.717) is 16.0 Å². The van der Waals surface area contributed by atoms with E-state index in [-0.39, 0.29) is 6.42 Å². The average Bonchev–Trinajstić information content (AvgIpc) is 2.29. The predicted molar refractivity (Wildman–Crippen MR) is 71.3 cm³/mol. The summed E-state index contributed by atoms with van der Waals surface area (Å²) in [4.78, 5) is 10.8. The Kier molecular flexibility index (Phi) is 4.98. The second-order valence-electron chi connectivity index (χ2n) is 3.88. The fraction of sp³-hybridized carbons (Fsp3) is 0.417. The highest BCUT2D eigenvalue weighted by Crippen LogP contribution is 2.40. The van der Waals surface area contributed by atoms with E-state index in [4.69, 9.17) is 20.3 Å². The molecule has 3 N–H and O–H groups in total. The van der Waals surface area contributed by atoms with Crippen molar-refractivity contribution in [1.29, 1.82) is 0 Å². The van der Waals surface area contributed by atoms with Gasteiger partial charge in [-0.25, -0.2) is 0 Å². The Hall–Kier alpha value is -1.27. The third kappa shape index (κ3) is 2.94. The van der Waals surface area contributed by atoms with Gasteiger partial charge in [0.15, 0.2) is 0 Å². The van der Waals surface area contributed by atoms with Crippen LogP contribution in [0.2, 0.25) is 0 Å². The van der Waals surface area contributed by atoms with Crippen LogP contribution in [0.25, 0.3) is 0 Å². The van der Waals surface area contributed by atoms with Crippen molar-refractivity contribution in [1.82, 2.24) is 0 Å². The summed E-state index contributed by atoms with van der Waals surface area (Å²) in [5.74, 6) is 0.176. The van der Waals surface area contributed by atoms with Gasteiger partial charge in [0.25, 0.3) is 0 Å². The Morgan fingerprint density at radius 2 is 2.00 bits per heavy atom. The molecule has 0 aliphatic heterocycles. The van der Waals surface area contributed by atoms with Crippen LogP contribution >= 0.6 is 15.9 Å². The number of methoxy groups -OCH3 is 2. The molecule has 1 unspecified atom stereocenters. The van der Waals surface area contributed by atoms with Crippen molar-refractivity contribution < 1.29 is 19.4 Å². The van der Waals surface area contributed by atoms with E-state index >= 15 is 0 Å². The molecule has 0 saturated heterocycles. The summed E-state index contributed by atoms with van der Waals surface area (Å²) >= 11 is 3.39. The van der Waals surface area contributed by atoms with Crippen molar-refractivity contribution in [3.8, 4) is 11.5 Å². The molecule has 6 heteroatoms. The number of carboxylic acid groups (broad SMARTS) is 1. The summed E-state index contributed by atoms with van der Waals surface area (Å²) in [6.07, 6.45) is 0.196. The molecule has 0 saturated carbocycles. The van der Waals surface area contributed by atoms with Gasteiger partial charge in [0.1, 0.15) is 22.0 Å². The standard InChI is InChI=1S/C12H16BrNO4/c1-6-4-7(5-8(14)12(15)16)11(18-3)9(13)10(6)17-2/h4,8H,5,14H2,1-3H3,(H,15,16). The van der Waals surface area contributed by atoms with E-state index in [1.54, 1.807) is 7.11 Å². The number of carbonyl (C=O) groups is 1. The normalized spacial score (nSPS) is 12.1. The average molecular weight is 318 g/mol. The first-order valence-electron chi connectivity index (χ1n) is 5.30. The number of halogens is 1. The fourth-order valence-corrected chi connectivity index (χ4v) is 2.65. The Morgan fingerprint density at radius 3 is 2.44 bits per heavy atom. The maximum atomic E-state index is 10.8. The number of rotatable bonds is 5. The lowest BCUT2D eigenvalue weighted by molar-refractivity contribution is -0.138. The molecule has 0 aliphatic carbocycles. The lowest BCUT2D eigenvalue weighted by Crippen LogP contribution is -2.32. The first-order valence-corrected chi connectivity index (χ1v) is 6.10. The van der Waals surface area contributed by atoms with Crippen LogP contribution in [0.4, 0.5) is 0 Å². The maximum absolute atomic E-state index is 10.8. The molecule has 1 aromatic rings. The minimum absolute atomic E-state index is 0.196. The van der Waals surface area contributed by atoms with Crippen molar-refractivity contribution in [3.63, 3.8) is 0 Å². The van der Waals surface area contributed by atoms with Crippen LogP contribution in [0.5, 0.6) is 11.5 Å². The van der Waals surface area contributed by atoms with Gasteiger partial charge in [-0.2, -0.15) is 0 Å². The van der Waals surface area contributed by atoms with Crippen molar-refractivity contribution in [2.45, 2.75) is 19.4 Å². The fourth-order valence-electron chi connectivity index (χ4n) is 1.76. The second-order valence-corrected chi connectivity index (χ2v) is 4.67. The zero-order chi connectivity index (χ0) is 13.9. The van der Waals surface area contributed by atoms with Crippen LogP contribution in [-0.2, 0) is 11.2 Å². The van der Waals surface area contributed by atoms with Gasteiger partial charge in [0.05, 0.1) is 14.2 Å². The molecule has 18 heavy (non-hydrogen) atoms. The van der Waals surface area contributed by atoms with E-state index in [9.17, 15) is 4.79 Å². The molecule has 1 aromatic carbocycles. The zero-order valence-electron chi connectivity index (χ0n) is 10.5. The third-order valence-electron chi connectivity index (χ3n) is 2.60. The SMILES string of the molecule is COc1c(C)cc(CC(N)C(=O)O)c(OC)c1Br. The smallest absolute Gasteiger partial charge is 0.320 e. The molecule has 0 fully saturated rings. The van der Waals surface area contributed by atoms with Crippen LogP contribution in [0.15, 0.2) is 10.5 Å². The minimum atomic E-state index is -1.04. The monoisotopic (exact) mass is 317 g/mol. The highest BCUT2D eigenvalue weighted by molar-refractivity contribution is 9.10. The summed E-state index contributed by atoms with van der Waals surface area (Å²) in [5, 5.41) is 8.84. The highest BCUT2D eigenvalue weighted by atomic mass is 79.9. The number of hydrogen-bond acceptors (Lipinski definition) is 4. The molecule has 0 aliphatic rings. The molecule has 5 nitrogen and oxygen atoms in total. The van der Waals surface area contributed by atoms with Gasteiger partial charge >= 0.3 is 5.97 Å². The molecule has 0 radical (unpaired) electrons. The van der Waals surface area contributed by atoms with Gasteiger partial charge in [-0.15, -0.1) is 0 Å². The highest BCUT2D eigenvalue weighted by Gasteiger charge is 2.20. The van der Waals surface area contributed by atoms with Crippen LogP contribution in [0.1, 0.15) is 11.1 Å². The molecule has 0 aromatic heterocycles. The van der Waals surface area contributed by atoms with Crippen molar-refractivity contribution in [2.24, 2.45) is 5.73 Å². The summed E-state index contributed by atoms with van der Waals surface area (Å²) in [7, 11) is 3.08. The molecule has 1 rings (SSSR count). The van der Waals surface area contributed by atoms with Crippen LogP contribution in [-0.4, -0.2) is 31.3 Å². The molecule has 0 bridgehead atoms. The zero-order valence-corrected chi connectivity index (χ0v) is 12.1. The first-order chi connectivity index (χ1) is 8.42. The Labute approximate surface area is 114 Å². The number of benzene rings is 1. The summed E-state index contributed by atoms with van der Waals surface area (Å²) in [6, 6.07) is 0.865. The Bertz CT molecular complexity index is 462. The summed E-state index contributed by atoms with van der Waals surface area (Å²) in [6.45, 7) is 1.87. The first kappa shape index (κ1) is 14.8. The molecular weight excluding hydrogens is 302 g/mol. The minimum Gasteiger partial charge on any atom is -0.495 e. The number of carboxylic acids is 1. The summed E-state index contributed by atoms with van der Waals surface area (Å²) < 4.78 is 11.2. The number of aryl methyl sites for hydroxylation is 1. The van der Waals surface area contributed by atoms with E-state index in [1.807, 2.05) is 13.0 Å². The quantitative estimate of drug-likeness (QED) is 0.864. The largest absolute Gasteiger partial charge is 0.495 e. The van der Waals surface area contributed by atoms with E-state index in [2.05, 4.69) is 15.9 Å². The van der Waals surface area contributed by atoms with E-state index in [0.717, 1.165) is 11.1 Å². The number of hydrogen-bond donors (Lipinski definition) is 2. The van der Waals surface area contributed by atoms with Crippen molar-refractivity contribution in [2.75, 3.05) is 14.2 Å². The maximum Gasteiger partial charge on any atom is 0.320 e. The van der Waals surface area contributed by atoms with Gasteiger partial charge < -0.3 is 20.3 Å². The predicted octanol–water partition coefficient (Wildman–Crippen LogP) is 1.73. The molecular formula is C12H16BrNO4. The topological polar surface area (TPSA) is 81.8 Å². The van der Waals surface area contributed by atoms with E-state index in [1.165, 1.54) is 7.11 Å². The molecule has 100 valence electrons. The second kappa shape index (κ2) is 6.06. The van der Waals surface area contributed by atoms with E-state index < -0.39 is 12.0 Å². The Balaban J connectivity index is 3.24. The Morgan fingerprint density at radius 1 is 1.44 bits per heavy atom. The third-order valence-corrected chi connectivity index (χ3v) is 3.32. The van der Waals surface area contributed by atoms with Crippen LogP contribution in [0, 0.1) is 6.92 Å². The molecule has 0 spiro atoms. The van der Waals surface area contributed by atoms with Gasteiger partial charge in [-0.1, -0.05) is 0 Å². The lowest BCUT2D eigenvalue weighted by atomic mass is 10.0. The summed E-state index contributed by atoms with van der Waals surface area (Å²) in [5.41, 5.74) is 7.16. The molecule has 0 heterocycles. The number of aliphatic carboxylic acids is 1. The van der Waals surface area contributed by atoms with Gasteiger partial charge in [0, 0.05) is 6.42 Å². The van der Waals surface area contributed by atoms with Crippen LogP contribution in [0.3, 0.4) is 0 Å². The van der Waals surface area contributed by atoms with Crippen LogP contribution < -0.4 is 15.2 Å². The van der Waals surface area contributed by atoms with Crippen molar-refractivity contribution in [3.05, 3.63) is 21.7 Å². The lowest BCUT2D eigenvalue weighted by Gasteiger charge is -2.17. The van der Waals surface area contributed by atoms with Crippen molar-refractivity contribution >= 4 is 21.9 Å². The number of ether oxygens (including phenoxy) is 2. The van der Waals surface area contributed by atoms with Gasteiger partial charge in [0.2, 0.25) is 0 Å². The number of nitrogens with two attached hydrogens (primary N) is 1. The van der Waals surface area contributed by atoms with Gasteiger partial charge in [-0.05, 0) is 40.0 Å². The molecule has 1 atom stereocenters. The molecule has 0 amide bonds. The van der Waals surface area contributed by atoms with Gasteiger partial charge in [-0.3, -0.25) is 4.79 Å².